The largest absolute Gasteiger partial charge is 0.322 e. The molecule has 2 unspecified atom stereocenters. The van der Waals surface area contributed by atoms with Crippen LogP contribution in [0, 0.1) is 0 Å². The van der Waals surface area contributed by atoms with E-state index in [0.29, 0.717) is 0 Å². The molecule has 1 rings (SSSR count). The van der Waals surface area contributed by atoms with Crippen LogP contribution in [0.5, 0.6) is 0 Å². The summed E-state index contributed by atoms with van der Waals surface area (Å²) in [6, 6.07) is 8.66. The molecule has 0 fully saturated rings. The van der Waals surface area contributed by atoms with Gasteiger partial charge in [0.05, 0.1) is 0 Å². The molecule has 0 saturated heterocycles. The molecule has 0 aromatic heterocycles. The zero-order valence-electron chi connectivity index (χ0n) is 11.6. The molecule has 94 valence electrons. The van der Waals surface area contributed by atoms with Crippen LogP contribution >= 0.6 is 0 Å². The lowest BCUT2D eigenvalue weighted by Crippen LogP contribution is -2.32. The monoisotopic (exact) mass is 231 g/mol. The summed E-state index contributed by atoms with van der Waals surface area (Å²) >= 11 is 0. The second-order valence-corrected chi connectivity index (χ2v) is 5.32. The number of benzene rings is 1. The molecule has 1 nitrogen and oxygen atoms in total. The quantitative estimate of drug-likeness (QED) is 0.758. The van der Waals surface area contributed by atoms with Gasteiger partial charge in [0.15, 0.2) is 0 Å². The third-order valence-corrected chi connectivity index (χ3v) is 4.12. The Morgan fingerprint density at radius 1 is 1.06 bits per heavy atom. The van der Waals surface area contributed by atoms with Crippen LogP contribution in [0.25, 0.3) is 0 Å². The maximum atomic E-state index is 6.24. The van der Waals surface area contributed by atoms with E-state index in [0.717, 1.165) is 12.8 Å². The first-order valence-corrected chi connectivity index (χ1v) is 6.43. The zero-order chi connectivity index (χ0) is 13.1. The molecule has 17 heavy (non-hydrogen) atoms. The molecule has 1 aromatic carbocycles. The van der Waals surface area contributed by atoms with E-state index in [4.69, 9.17) is 5.73 Å². The molecule has 2 atom stereocenters. The van der Waals surface area contributed by atoms with E-state index in [-0.39, 0.29) is 11.0 Å². The van der Waals surface area contributed by atoms with Gasteiger partial charge in [0.2, 0.25) is 0 Å². The summed E-state index contributed by atoms with van der Waals surface area (Å²) in [6.07, 6.45) is 4.03. The smallest absolute Gasteiger partial charge is 0.0378 e. The number of nitrogens with two attached hydrogens (primary N) is 1. The van der Waals surface area contributed by atoms with E-state index in [1.54, 1.807) is 0 Å². The van der Waals surface area contributed by atoms with Gasteiger partial charge in [-0.25, -0.2) is 0 Å². The lowest BCUT2D eigenvalue weighted by atomic mass is 9.79. The van der Waals surface area contributed by atoms with Gasteiger partial charge >= 0.3 is 0 Å². The van der Waals surface area contributed by atoms with Gasteiger partial charge in [0.1, 0.15) is 0 Å². The van der Waals surface area contributed by atoms with Crippen LogP contribution < -0.4 is 5.73 Å². The molecule has 0 spiro atoms. The molecule has 0 amide bonds. The Morgan fingerprint density at radius 2 is 1.53 bits per heavy atom. The predicted molar refractivity (Wildman–Crippen MR) is 76.1 cm³/mol. The Bertz CT molecular complexity index is 375. The number of hydrogen-bond donors (Lipinski definition) is 1. The lowest BCUT2D eigenvalue weighted by molar-refractivity contribution is 0.475. The SMILES string of the molecule is C=CC(C)(CC)c1ccc(C(C)(N)CC)cc1. The molecule has 0 aliphatic carbocycles. The Kier molecular flexibility index (Phi) is 4.16. The minimum absolute atomic E-state index is 0.0652. The highest BCUT2D eigenvalue weighted by Gasteiger charge is 2.22. The summed E-state index contributed by atoms with van der Waals surface area (Å²) < 4.78 is 0. The Labute approximate surface area is 106 Å². The van der Waals surface area contributed by atoms with Gasteiger partial charge in [-0.15, -0.1) is 6.58 Å². The van der Waals surface area contributed by atoms with E-state index in [1.165, 1.54) is 11.1 Å². The molecule has 0 heterocycles. The minimum atomic E-state index is -0.227. The lowest BCUT2D eigenvalue weighted by Gasteiger charge is -2.27. The molecular weight excluding hydrogens is 206 g/mol. The standard InChI is InChI=1S/C16H25N/c1-6-15(4,7-2)13-9-11-14(12-10-13)16(5,17)8-3/h6,9-12H,1,7-8,17H2,2-5H3. The van der Waals surface area contributed by atoms with E-state index in [2.05, 4.69) is 58.5 Å². The number of hydrogen-bond acceptors (Lipinski definition) is 1. The Hall–Kier alpha value is -1.08. The van der Waals surface area contributed by atoms with Crippen LogP contribution in [0.4, 0.5) is 0 Å². The molecular formula is C16H25N. The minimum Gasteiger partial charge on any atom is -0.322 e. The highest BCUT2D eigenvalue weighted by molar-refractivity contribution is 5.34. The molecule has 0 bridgehead atoms. The van der Waals surface area contributed by atoms with Crippen LogP contribution in [0.15, 0.2) is 36.9 Å². The Balaban J connectivity index is 3.08. The highest BCUT2D eigenvalue weighted by Crippen LogP contribution is 2.30. The van der Waals surface area contributed by atoms with Gasteiger partial charge in [-0.05, 0) is 30.9 Å². The Morgan fingerprint density at radius 3 is 1.88 bits per heavy atom. The van der Waals surface area contributed by atoms with Crippen molar-refractivity contribution in [3.8, 4) is 0 Å². The highest BCUT2D eigenvalue weighted by atomic mass is 14.7. The number of rotatable bonds is 5. The fraction of sp³-hybridized carbons (Fsp3) is 0.500. The van der Waals surface area contributed by atoms with E-state index in [1.807, 2.05) is 6.08 Å². The van der Waals surface area contributed by atoms with Crippen LogP contribution in [0.2, 0.25) is 0 Å². The fourth-order valence-corrected chi connectivity index (χ4v) is 1.90. The first-order chi connectivity index (χ1) is 7.89. The van der Waals surface area contributed by atoms with Gasteiger partial charge in [0.25, 0.3) is 0 Å². The van der Waals surface area contributed by atoms with Gasteiger partial charge < -0.3 is 5.73 Å². The maximum absolute atomic E-state index is 6.24. The first kappa shape index (κ1) is 14.0. The first-order valence-electron chi connectivity index (χ1n) is 6.43. The van der Waals surface area contributed by atoms with Crippen LogP contribution in [-0.4, -0.2) is 0 Å². The van der Waals surface area contributed by atoms with Gasteiger partial charge in [-0.1, -0.05) is 51.1 Å². The van der Waals surface area contributed by atoms with Crippen molar-refractivity contribution in [2.24, 2.45) is 5.73 Å². The third kappa shape index (κ3) is 2.78. The topological polar surface area (TPSA) is 26.0 Å². The summed E-state index contributed by atoms with van der Waals surface area (Å²) in [6.45, 7) is 12.5. The van der Waals surface area contributed by atoms with Gasteiger partial charge in [0, 0.05) is 11.0 Å². The number of allylic oxidation sites excluding steroid dienone is 1. The molecule has 1 aromatic rings. The third-order valence-electron chi connectivity index (χ3n) is 4.12. The van der Waals surface area contributed by atoms with E-state index < -0.39 is 0 Å². The van der Waals surface area contributed by atoms with Gasteiger partial charge in [-0.2, -0.15) is 0 Å². The maximum Gasteiger partial charge on any atom is 0.0378 e. The average Bonchev–Trinajstić information content (AvgIpc) is 2.38. The van der Waals surface area contributed by atoms with Gasteiger partial charge in [-0.3, -0.25) is 0 Å². The fourth-order valence-electron chi connectivity index (χ4n) is 1.90. The summed E-state index contributed by atoms with van der Waals surface area (Å²) in [4.78, 5) is 0. The molecule has 0 radical (unpaired) electrons. The van der Waals surface area contributed by atoms with Crippen molar-refractivity contribution in [3.05, 3.63) is 48.0 Å². The van der Waals surface area contributed by atoms with Crippen LogP contribution in [0.1, 0.15) is 51.7 Å². The van der Waals surface area contributed by atoms with Crippen molar-refractivity contribution in [1.82, 2.24) is 0 Å². The van der Waals surface area contributed by atoms with Crippen molar-refractivity contribution in [1.29, 1.82) is 0 Å². The van der Waals surface area contributed by atoms with E-state index in [9.17, 15) is 0 Å². The predicted octanol–water partition coefficient (Wildman–Crippen LogP) is 4.12. The van der Waals surface area contributed by atoms with Crippen molar-refractivity contribution in [3.63, 3.8) is 0 Å². The summed E-state index contributed by atoms with van der Waals surface area (Å²) in [7, 11) is 0. The molecule has 0 aliphatic rings. The second-order valence-electron chi connectivity index (χ2n) is 5.32. The van der Waals surface area contributed by atoms with E-state index >= 15 is 0 Å². The molecule has 0 aliphatic heterocycles. The van der Waals surface area contributed by atoms with Crippen LogP contribution in [0.3, 0.4) is 0 Å². The summed E-state index contributed by atoms with van der Waals surface area (Å²) in [5, 5.41) is 0. The van der Waals surface area contributed by atoms with Crippen molar-refractivity contribution in [2.75, 3.05) is 0 Å². The van der Waals surface area contributed by atoms with Crippen molar-refractivity contribution >= 4 is 0 Å². The second kappa shape index (κ2) is 5.05. The normalized spacial score (nSPS) is 18.2. The summed E-state index contributed by atoms with van der Waals surface area (Å²) in [5.74, 6) is 0. The molecule has 1 heteroatoms. The molecule has 0 saturated carbocycles. The van der Waals surface area contributed by atoms with Crippen LogP contribution in [-0.2, 0) is 11.0 Å². The van der Waals surface area contributed by atoms with Crippen molar-refractivity contribution in [2.45, 2.75) is 51.5 Å². The summed E-state index contributed by atoms with van der Waals surface area (Å²) in [5.41, 5.74) is 8.59. The average molecular weight is 231 g/mol. The molecule has 2 N–H and O–H groups in total. The van der Waals surface area contributed by atoms with Crippen molar-refractivity contribution < 1.29 is 0 Å². The zero-order valence-corrected chi connectivity index (χ0v) is 11.6.